The number of tetrazole rings is 1. The average Bonchev–Trinajstić information content (AvgIpc) is 3.04. The summed E-state index contributed by atoms with van der Waals surface area (Å²) in [4.78, 5) is 12.6. The fraction of sp³-hybridized carbons (Fsp3) is 0.263. The van der Waals surface area contributed by atoms with Gasteiger partial charge in [0.15, 0.2) is 5.78 Å². The summed E-state index contributed by atoms with van der Waals surface area (Å²) in [6.07, 6.45) is 0. The van der Waals surface area contributed by atoms with Crippen LogP contribution in [0.3, 0.4) is 0 Å². The van der Waals surface area contributed by atoms with E-state index >= 15 is 0 Å². The Labute approximate surface area is 151 Å². The van der Waals surface area contributed by atoms with Gasteiger partial charge in [-0.2, -0.15) is 4.68 Å². The highest BCUT2D eigenvalue weighted by atomic mass is 32.2. The second-order valence-electron chi connectivity index (χ2n) is 6.12. The molecule has 0 aliphatic rings. The van der Waals surface area contributed by atoms with Gasteiger partial charge in [0.05, 0.1) is 11.4 Å². The minimum absolute atomic E-state index is 0.0879. The van der Waals surface area contributed by atoms with Crippen LogP contribution in [0.25, 0.3) is 5.69 Å². The molecule has 0 N–H and O–H groups in total. The molecule has 0 saturated heterocycles. The van der Waals surface area contributed by atoms with Crippen molar-refractivity contribution in [3.05, 3.63) is 64.2 Å². The van der Waals surface area contributed by atoms with E-state index in [0.29, 0.717) is 10.9 Å². The molecule has 0 amide bonds. The topological polar surface area (TPSA) is 60.7 Å². The number of nitrogens with zero attached hydrogens (tertiary/aromatic N) is 4. The number of carbonyl (C=O) groups excluding carboxylic acids is 1. The SMILES string of the molecule is Cc1cc(C)c(C(=O)CSc2nnnn2-c2ccccc2C)cc1C. The monoisotopic (exact) mass is 352 g/mol. The number of hydrogen-bond acceptors (Lipinski definition) is 5. The zero-order valence-corrected chi connectivity index (χ0v) is 15.6. The fourth-order valence-corrected chi connectivity index (χ4v) is 3.46. The van der Waals surface area contributed by atoms with Gasteiger partial charge >= 0.3 is 0 Å². The maximum atomic E-state index is 12.6. The van der Waals surface area contributed by atoms with Crippen LogP contribution < -0.4 is 0 Å². The molecule has 0 unspecified atom stereocenters. The summed E-state index contributed by atoms with van der Waals surface area (Å²) in [6, 6.07) is 11.9. The third-order valence-electron chi connectivity index (χ3n) is 4.26. The Kier molecular flexibility index (Phi) is 4.99. The molecule has 128 valence electrons. The molecule has 2 aromatic carbocycles. The predicted octanol–water partition coefficient (Wildman–Crippen LogP) is 3.87. The highest BCUT2D eigenvalue weighted by Gasteiger charge is 2.15. The second-order valence-corrected chi connectivity index (χ2v) is 7.07. The Morgan fingerprint density at radius 3 is 2.48 bits per heavy atom. The third kappa shape index (κ3) is 3.64. The van der Waals surface area contributed by atoms with E-state index in [1.165, 1.54) is 17.3 Å². The van der Waals surface area contributed by atoms with Gasteiger partial charge in [-0.1, -0.05) is 36.0 Å². The van der Waals surface area contributed by atoms with E-state index in [9.17, 15) is 4.79 Å². The first-order chi connectivity index (χ1) is 12.0. The molecule has 0 aliphatic heterocycles. The third-order valence-corrected chi connectivity index (χ3v) is 5.18. The van der Waals surface area contributed by atoms with E-state index in [1.54, 1.807) is 4.68 Å². The van der Waals surface area contributed by atoms with Crippen molar-refractivity contribution >= 4 is 17.5 Å². The van der Waals surface area contributed by atoms with Crippen molar-refractivity contribution in [3.8, 4) is 5.69 Å². The first kappa shape index (κ1) is 17.4. The average molecular weight is 352 g/mol. The summed E-state index contributed by atoms with van der Waals surface area (Å²) in [6.45, 7) is 8.07. The van der Waals surface area contributed by atoms with Gasteiger partial charge in [0.2, 0.25) is 5.16 Å². The molecule has 3 aromatic rings. The molecule has 0 fully saturated rings. The van der Waals surface area contributed by atoms with Crippen molar-refractivity contribution in [2.24, 2.45) is 0 Å². The molecule has 5 nitrogen and oxygen atoms in total. The van der Waals surface area contributed by atoms with E-state index in [0.717, 1.165) is 27.9 Å². The standard InChI is InChI=1S/C19H20N4OS/c1-12-7-5-6-8-17(12)23-19(20-21-22-23)25-11-18(24)16-10-14(3)13(2)9-15(16)4/h5-10H,11H2,1-4H3. The van der Waals surface area contributed by atoms with Crippen LogP contribution in [0, 0.1) is 27.7 Å². The van der Waals surface area contributed by atoms with E-state index in [1.807, 2.05) is 51.1 Å². The van der Waals surface area contributed by atoms with Crippen LogP contribution in [-0.2, 0) is 0 Å². The summed E-state index contributed by atoms with van der Waals surface area (Å²) in [7, 11) is 0. The highest BCUT2D eigenvalue weighted by Crippen LogP contribution is 2.23. The molecule has 0 atom stereocenters. The first-order valence-corrected chi connectivity index (χ1v) is 9.04. The summed E-state index contributed by atoms with van der Waals surface area (Å²) >= 11 is 1.36. The Bertz CT molecular complexity index is 933. The van der Waals surface area contributed by atoms with Gasteiger partial charge in [0.25, 0.3) is 0 Å². The van der Waals surface area contributed by atoms with Crippen molar-refractivity contribution < 1.29 is 4.79 Å². The van der Waals surface area contributed by atoms with Crippen molar-refractivity contribution in [2.45, 2.75) is 32.9 Å². The van der Waals surface area contributed by atoms with Crippen LogP contribution in [0.4, 0.5) is 0 Å². The van der Waals surface area contributed by atoms with Crippen LogP contribution in [0.2, 0.25) is 0 Å². The summed E-state index contributed by atoms with van der Waals surface area (Å²) in [5, 5.41) is 12.5. The van der Waals surface area contributed by atoms with Gasteiger partial charge in [0.1, 0.15) is 0 Å². The molecule has 0 bridgehead atoms. The number of carbonyl (C=O) groups is 1. The number of para-hydroxylation sites is 1. The van der Waals surface area contributed by atoms with E-state index in [-0.39, 0.29) is 5.78 Å². The van der Waals surface area contributed by atoms with Gasteiger partial charge in [-0.3, -0.25) is 4.79 Å². The number of Topliss-reactive ketones (excluding diaryl/α,β-unsaturated/α-hetero) is 1. The molecule has 6 heteroatoms. The molecule has 1 heterocycles. The zero-order chi connectivity index (χ0) is 18.0. The van der Waals surface area contributed by atoms with Crippen molar-refractivity contribution in [1.82, 2.24) is 20.2 Å². The van der Waals surface area contributed by atoms with Crippen LogP contribution in [-0.4, -0.2) is 31.7 Å². The fourth-order valence-electron chi connectivity index (χ4n) is 2.69. The summed E-state index contributed by atoms with van der Waals surface area (Å²) in [5.41, 5.74) is 6.10. The largest absolute Gasteiger partial charge is 0.293 e. The maximum Gasteiger partial charge on any atom is 0.214 e. The molecular formula is C19H20N4OS. The Hall–Kier alpha value is -2.47. The van der Waals surface area contributed by atoms with Gasteiger partial charge in [-0.25, -0.2) is 0 Å². The summed E-state index contributed by atoms with van der Waals surface area (Å²) < 4.78 is 1.68. The lowest BCUT2D eigenvalue weighted by atomic mass is 9.99. The highest BCUT2D eigenvalue weighted by molar-refractivity contribution is 7.99. The number of aryl methyl sites for hydroxylation is 4. The predicted molar refractivity (Wildman–Crippen MR) is 99.6 cm³/mol. The van der Waals surface area contributed by atoms with Gasteiger partial charge < -0.3 is 0 Å². The van der Waals surface area contributed by atoms with Crippen LogP contribution in [0.5, 0.6) is 0 Å². The van der Waals surface area contributed by atoms with Crippen molar-refractivity contribution in [2.75, 3.05) is 5.75 Å². The molecular weight excluding hydrogens is 332 g/mol. The van der Waals surface area contributed by atoms with Crippen LogP contribution >= 0.6 is 11.8 Å². The molecule has 1 aromatic heterocycles. The quantitative estimate of drug-likeness (QED) is 0.515. The number of rotatable bonds is 5. The van der Waals surface area contributed by atoms with Gasteiger partial charge in [-0.05, 0) is 72.5 Å². The molecule has 0 radical (unpaired) electrons. The first-order valence-electron chi connectivity index (χ1n) is 8.05. The van der Waals surface area contributed by atoms with E-state index in [4.69, 9.17) is 0 Å². The zero-order valence-electron chi connectivity index (χ0n) is 14.8. The maximum absolute atomic E-state index is 12.6. The number of aromatic nitrogens is 4. The second kappa shape index (κ2) is 7.19. The van der Waals surface area contributed by atoms with Crippen LogP contribution in [0.1, 0.15) is 32.6 Å². The Morgan fingerprint density at radius 2 is 1.72 bits per heavy atom. The van der Waals surface area contributed by atoms with Crippen molar-refractivity contribution in [3.63, 3.8) is 0 Å². The van der Waals surface area contributed by atoms with E-state index in [2.05, 4.69) is 28.5 Å². The summed E-state index contributed by atoms with van der Waals surface area (Å²) in [5.74, 6) is 0.389. The smallest absolute Gasteiger partial charge is 0.214 e. The van der Waals surface area contributed by atoms with Gasteiger partial charge in [-0.15, -0.1) is 5.10 Å². The minimum atomic E-state index is 0.0879. The number of ketones is 1. The number of benzene rings is 2. The normalized spacial score (nSPS) is 10.9. The van der Waals surface area contributed by atoms with E-state index < -0.39 is 0 Å². The van der Waals surface area contributed by atoms with Crippen molar-refractivity contribution in [1.29, 1.82) is 0 Å². The lowest BCUT2D eigenvalue weighted by Crippen LogP contribution is -2.08. The molecule has 25 heavy (non-hydrogen) atoms. The lowest BCUT2D eigenvalue weighted by molar-refractivity contribution is 0.102. The van der Waals surface area contributed by atoms with Gasteiger partial charge in [0, 0.05) is 5.56 Å². The molecule has 0 saturated carbocycles. The Morgan fingerprint density at radius 1 is 1.00 bits per heavy atom. The molecule has 0 spiro atoms. The Balaban J connectivity index is 1.80. The van der Waals surface area contributed by atoms with Crippen LogP contribution in [0.15, 0.2) is 41.6 Å². The minimum Gasteiger partial charge on any atom is -0.293 e. The number of hydrogen-bond donors (Lipinski definition) is 0. The lowest BCUT2D eigenvalue weighted by Gasteiger charge is -2.09. The molecule has 0 aliphatic carbocycles. The number of thioether (sulfide) groups is 1. The molecule has 3 rings (SSSR count).